The predicted octanol–water partition coefficient (Wildman–Crippen LogP) is 4.06. The molecule has 2 aliphatic rings. The first kappa shape index (κ1) is 20.2. The molecule has 1 aromatic carbocycles. The monoisotopic (exact) mass is 390 g/mol. The number of halogens is 1. The third kappa shape index (κ3) is 5.71. The Labute approximate surface area is 167 Å². The molecule has 1 unspecified atom stereocenters. The van der Waals surface area contributed by atoms with Crippen LogP contribution < -0.4 is 5.32 Å². The van der Waals surface area contributed by atoms with Crippen molar-refractivity contribution in [1.29, 1.82) is 0 Å². The first-order valence-electron chi connectivity index (χ1n) is 10.3. The van der Waals surface area contributed by atoms with Crippen molar-refractivity contribution in [1.82, 2.24) is 10.2 Å². The molecule has 0 aromatic heterocycles. The van der Waals surface area contributed by atoms with Crippen LogP contribution in [0.3, 0.4) is 0 Å². The van der Waals surface area contributed by atoms with Crippen LogP contribution in [-0.4, -0.2) is 36.3 Å². The summed E-state index contributed by atoms with van der Waals surface area (Å²) in [7, 11) is 0. The molecule has 148 valence electrons. The lowest BCUT2D eigenvalue weighted by Gasteiger charge is -2.35. The molecule has 1 saturated carbocycles. The van der Waals surface area contributed by atoms with Crippen LogP contribution in [0.15, 0.2) is 24.3 Å². The van der Waals surface area contributed by atoms with Crippen molar-refractivity contribution >= 4 is 23.4 Å². The largest absolute Gasteiger partial charge is 0.356 e. The Balaban J connectivity index is 1.39. The number of hydrogen-bond acceptors (Lipinski definition) is 2. The molecule has 1 heterocycles. The number of carbonyl (C=O) groups is 2. The van der Waals surface area contributed by atoms with Crippen LogP contribution in [0.2, 0.25) is 5.02 Å². The molecule has 2 amide bonds. The van der Waals surface area contributed by atoms with Gasteiger partial charge in [0.2, 0.25) is 11.8 Å². The minimum atomic E-state index is 0.0497. The molecule has 27 heavy (non-hydrogen) atoms. The van der Waals surface area contributed by atoms with Crippen molar-refractivity contribution in [3.63, 3.8) is 0 Å². The zero-order valence-electron chi connectivity index (χ0n) is 16.3. The molecule has 0 radical (unpaired) electrons. The number of carbonyl (C=O) groups excluding carboxylic acids is 2. The molecule has 1 aliphatic heterocycles. The number of amides is 2. The third-order valence-electron chi connectivity index (χ3n) is 6.02. The van der Waals surface area contributed by atoms with E-state index in [1.165, 1.54) is 6.42 Å². The van der Waals surface area contributed by atoms with Crippen LogP contribution in [0.4, 0.5) is 0 Å². The molecule has 1 saturated heterocycles. The van der Waals surface area contributed by atoms with Crippen LogP contribution in [0.5, 0.6) is 0 Å². The lowest BCUT2D eigenvalue weighted by molar-refractivity contribution is -0.140. The summed E-state index contributed by atoms with van der Waals surface area (Å²) in [5.74, 6) is 1.24. The van der Waals surface area contributed by atoms with Gasteiger partial charge in [0.1, 0.15) is 0 Å². The second kappa shape index (κ2) is 9.59. The highest BCUT2D eigenvalue weighted by Gasteiger charge is 2.33. The fourth-order valence-corrected chi connectivity index (χ4v) is 4.63. The molecule has 2 fully saturated rings. The van der Waals surface area contributed by atoms with Gasteiger partial charge in [-0.15, -0.1) is 0 Å². The first-order chi connectivity index (χ1) is 13.0. The molecule has 0 bridgehead atoms. The average Bonchev–Trinajstić information content (AvgIpc) is 2.67. The van der Waals surface area contributed by atoms with E-state index in [0.29, 0.717) is 18.4 Å². The Morgan fingerprint density at radius 3 is 2.59 bits per heavy atom. The van der Waals surface area contributed by atoms with Gasteiger partial charge in [0.05, 0.1) is 0 Å². The SMILES string of the molecule is CC1CCCN(C(=O)C2CCC(C(=O)NCCc3cccc(Cl)c3)CC2)C1. The smallest absolute Gasteiger partial charge is 0.225 e. The number of rotatable bonds is 5. The van der Waals surface area contributed by atoms with Crippen molar-refractivity contribution in [2.75, 3.05) is 19.6 Å². The molecule has 5 heteroatoms. The number of nitrogens with zero attached hydrogens (tertiary/aromatic N) is 1. The molecule has 1 atom stereocenters. The van der Waals surface area contributed by atoms with Crippen molar-refractivity contribution in [2.45, 2.75) is 51.9 Å². The summed E-state index contributed by atoms with van der Waals surface area (Å²) in [6.07, 6.45) is 6.47. The molecule has 1 N–H and O–H groups in total. The molecular formula is C22H31ClN2O2. The normalized spacial score (nSPS) is 25.9. The van der Waals surface area contributed by atoms with Gasteiger partial charge in [-0.3, -0.25) is 9.59 Å². The van der Waals surface area contributed by atoms with E-state index < -0.39 is 0 Å². The second-order valence-corrected chi connectivity index (χ2v) is 8.69. The van der Waals surface area contributed by atoms with Gasteiger partial charge in [-0.25, -0.2) is 0 Å². The van der Waals surface area contributed by atoms with Crippen molar-refractivity contribution in [2.24, 2.45) is 17.8 Å². The maximum atomic E-state index is 12.7. The Kier molecular flexibility index (Phi) is 7.17. The van der Waals surface area contributed by atoms with Crippen LogP contribution in [-0.2, 0) is 16.0 Å². The van der Waals surface area contributed by atoms with Gasteiger partial charge in [0.25, 0.3) is 0 Å². The maximum Gasteiger partial charge on any atom is 0.225 e. The summed E-state index contributed by atoms with van der Waals surface area (Å²) < 4.78 is 0. The van der Waals surface area contributed by atoms with E-state index in [1.54, 1.807) is 0 Å². The van der Waals surface area contributed by atoms with Gasteiger partial charge < -0.3 is 10.2 Å². The Morgan fingerprint density at radius 2 is 1.89 bits per heavy atom. The van der Waals surface area contributed by atoms with Gasteiger partial charge in [-0.05, 0) is 68.6 Å². The lowest BCUT2D eigenvalue weighted by atomic mass is 9.80. The molecule has 4 nitrogen and oxygen atoms in total. The fourth-order valence-electron chi connectivity index (χ4n) is 4.42. The molecule has 1 aromatic rings. The molecular weight excluding hydrogens is 360 g/mol. The Bertz CT molecular complexity index is 655. The third-order valence-corrected chi connectivity index (χ3v) is 6.25. The maximum absolute atomic E-state index is 12.7. The van der Waals surface area contributed by atoms with Crippen molar-refractivity contribution in [3.8, 4) is 0 Å². The predicted molar refractivity (Wildman–Crippen MR) is 109 cm³/mol. The summed E-state index contributed by atoms with van der Waals surface area (Å²) >= 11 is 5.99. The highest BCUT2D eigenvalue weighted by Crippen LogP contribution is 2.31. The van der Waals surface area contributed by atoms with E-state index in [1.807, 2.05) is 24.3 Å². The van der Waals surface area contributed by atoms with Crippen LogP contribution in [0, 0.1) is 17.8 Å². The highest BCUT2D eigenvalue weighted by atomic mass is 35.5. The van der Waals surface area contributed by atoms with Crippen LogP contribution in [0.25, 0.3) is 0 Å². The average molecular weight is 391 g/mol. The summed E-state index contributed by atoms with van der Waals surface area (Å²) in [5, 5.41) is 3.78. The zero-order valence-corrected chi connectivity index (χ0v) is 17.0. The van der Waals surface area contributed by atoms with Gasteiger partial charge in [-0.1, -0.05) is 30.7 Å². The van der Waals surface area contributed by atoms with E-state index in [0.717, 1.165) is 62.2 Å². The van der Waals surface area contributed by atoms with E-state index >= 15 is 0 Å². The van der Waals surface area contributed by atoms with Crippen LogP contribution >= 0.6 is 11.6 Å². The summed E-state index contributed by atoms with van der Waals surface area (Å²) in [5.41, 5.74) is 1.13. The minimum Gasteiger partial charge on any atom is -0.356 e. The van der Waals surface area contributed by atoms with E-state index in [9.17, 15) is 9.59 Å². The first-order valence-corrected chi connectivity index (χ1v) is 10.7. The number of likely N-dealkylation sites (tertiary alicyclic amines) is 1. The summed E-state index contributed by atoms with van der Waals surface area (Å²) in [4.78, 5) is 27.2. The number of hydrogen-bond donors (Lipinski definition) is 1. The van der Waals surface area contributed by atoms with E-state index in [2.05, 4.69) is 17.1 Å². The molecule has 3 rings (SSSR count). The van der Waals surface area contributed by atoms with Crippen molar-refractivity contribution < 1.29 is 9.59 Å². The second-order valence-electron chi connectivity index (χ2n) is 8.25. The highest BCUT2D eigenvalue weighted by molar-refractivity contribution is 6.30. The fraction of sp³-hybridized carbons (Fsp3) is 0.636. The summed E-state index contributed by atoms with van der Waals surface area (Å²) in [6.45, 7) is 4.67. The van der Waals surface area contributed by atoms with E-state index in [4.69, 9.17) is 11.6 Å². The van der Waals surface area contributed by atoms with Crippen LogP contribution in [0.1, 0.15) is 51.0 Å². The quantitative estimate of drug-likeness (QED) is 0.824. The van der Waals surface area contributed by atoms with E-state index in [-0.39, 0.29) is 17.7 Å². The standard InChI is InChI=1S/C22H31ClN2O2/c1-16-4-3-13-25(15-16)22(27)19-9-7-18(8-10-19)21(26)24-12-11-17-5-2-6-20(23)14-17/h2,5-6,14,16,18-19H,3-4,7-13,15H2,1H3,(H,24,26). The number of piperidine rings is 1. The van der Waals surface area contributed by atoms with Gasteiger partial charge in [0.15, 0.2) is 0 Å². The Morgan fingerprint density at radius 1 is 1.15 bits per heavy atom. The topological polar surface area (TPSA) is 49.4 Å². The van der Waals surface area contributed by atoms with Gasteiger partial charge >= 0.3 is 0 Å². The zero-order chi connectivity index (χ0) is 19.2. The molecule has 0 spiro atoms. The van der Waals surface area contributed by atoms with Gasteiger partial charge in [0, 0.05) is 36.5 Å². The number of nitrogens with one attached hydrogen (secondary N) is 1. The number of benzene rings is 1. The van der Waals surface area contributed by atoms with Gasteiger partial charge in [-0.2, -0.15) is 0 Å². The molecule has 1 aliphatic carbocycles. The summed E-state index contributed by atoms with van der Waals surface area (Å²) in [6, 6.07) is 7.75. The lowest BCUT2D eigenvalue weighted by Crippen LogP contribution is -2.44. The Hall–Kier alpha value is -1.55. The van der Waals surface area contributed by atoms with Crippen molar-refractivity contribution in [3.05, 3.63) is 34.9 Å². The minimum absolute atomic E-state index is 0.0497.